The second-order valence-corrected chi connectivity index (χ2v) is 4.41. The Morgan fingerprint density at radius 3 is 2.27 bits per heavy atom. The van der Waals surface area contributed by atoms with E-state index in [-0.39, 0.29) is 18.3 Å². The molecule has 3 atom stereocenters. The molecule has 1 aliphatic rings. The maximum atomic E-state index is 10.6. The lowest BCUT2D eigenvalue weighted by molar-refractivity contribution is 0.184. The van der Waals surface area contributed by atoms with Crippen LogP contribution >= 0.6 is 0 Å². The van der Waals surface area contributed by atoms with E-state index in [4.69, 9.17) is 4.74 Å². The maximum Gasteiger partial charge on any atom is 0.264 e. The van der Waals surface area contributed by atoms with Crippen molar-refractivity contribution in [2.75, 3.05) is 6.26 Å². The molecule has 1 fully saturated rings. The van der Waals surface area contributed by atoms with Gasteiger partial charge in [0, 0.05) is 0 Å². The Bertz CT molecular complexity index is 233. The molecule has 5 heteroatoms. The van der Waals surface area contributed by atoms with Crippen LogP contribution in [0.5, 0.6) is 0 Å². The molecule has 0 amide bonds. The van der Waals surface area contributed by atoms with Crippen molar-refractivity contribution in [1.82, 2.24) is 0 Å². The lowest BCUT2D eigenvalue weighted by Gasteiger charge is -2.06. The van der Waals surface area contributed by atoms with E-state index in [1.165, 1.54) is 0 Å². The SMILES string of the molecule is C[C@H]1O[C@H]1[C@@H](C)OS(C)(=O)=O. The van der Waals surface area contributed by atoms with Crippen LogP contribution in [-0.2, 0) is 19.0 Å². The molecule has 0 bridgehead atoms. The first-order chi connectivity index (χ1) is 4.90. The Morgan fingerprint density at radius 1 is 1.55 bits per heavy atom. The van der Waals surface area contributed by atoms with Crippen LogP contribution < -0.4 is 0 Å². The van der Waals surface area contributed by atoms with E-state index < -0.39 is 10.1 Å². The highest BCUT2D eigenvalue weighted by Gasteiger charge is 2.41. The third-order valence-corrected chi connectivity index (χ3v) is 2.20. The Kier molecular flexibility index (Phi) is 2.22. The van der Waals surface area contributed by atoms with Gasteiger partial charge in [-0.15, -0.1) is 0 Å². The number of ether oxygens (including phenoxy) is 1. The zero-order chi connectivity index (χ0) is 8.65. The van der Waals surface area contributed by atoms with Crippen LogP contribution in [0.25, 0.3) is 0 Å². The summed E-state index contributed by atoms with van der Waals surface area (Å²) < 4.78 is 30.9. The van der Waals surface area contributed by atoms with Gasteiger partial charge in [-0.1, -0.05) is 0 Å². The summed E-state index contributed by atoms with van der Waals surface area (Å²) >= 11 is 0. The monoisotopic (exact) mass is 180 g/mol. The largest absolute Gasteiger partial charge is 0.367 e. The van der Waals surface area contributed by atoms with Gasteiger partial charge in [-0.3, -0.25) is 4.18 Å². The molecule has 0 aromatic carbocycles. The summed E-state index contributed by atoms with van der Waals surface area (Å²) in [5, 5.41) is 0. The first kappa shape index (κ1) is 8.96. The van der Waals surface area contributed by atoms with E-state index in [1.54, 1.807) is 6.92 Å². The molecule has 0 spiro atoms. The number of hydrogen-bond donors (Lipinski definition) is 0. The van der Waals surface area contributed by atoms with Gasteiger partial charge in [0.05, 0.1) is 12.4 Å². The molecule has 0 saturated carbocycles. The fraction of sp³-hybridized carbons (Fsp3) is 1.00. The summed E-state index contributed by atoms with van der Waals surface area (Å²) in [5.74, 6) is 0. The van der Waals surface area contributed by atoms with Crippen LogP contribution in [0.4, 0.5) is 0 Å². The van der Waals surface area contributed by atoms with Crippen LogP contribution in [0.15, 0.2) is 0 Å². The topological polar surface area (TPSA) is 55.9 Å². The molecule has 0 aromatic rings. The van der Waals surface area contributed by atoms with E-state index in [0.29, 0.717) is 0 Å². The summed E-state index contributed by atoms with van der Waals surface area (Å²) in [4.78, 5) is 0. The first-order valence-corrected chi connectivity index (χ1v) is 5.25. The van der Waals surface area contributed by atoms with Crippen LogP contribution in [0, 0.1) is 0 Å². The standard InChI is InChI=1S/C6H12O4S/c1-4-6(9-4)5(2)10-11(3,7)8/h4-6H,1-3H3/t4-,5-,6-/m1/s1. The number of epoxide rings is 1. The molecule has 1 heterocycles. The van der Waals surface area contributed by atoms with Crippen molar-refractivity contribution < 1.29 is 17.3 Å². The van der Waals surface area contributed by atoms with Gasteiger partial charge in [-0.05, 0) is 13.8 Å². The van der Waals surface area contributed by atoms with Crippen molar-refractivity contribution in [1.29, 1.82) is 0 Å². The Balaban J connectivity index is 2.39. The lowest BCUT2D eigenvalue weighted by atomic mass is 10.2. The molecule has 0 unspecified atom stereocenters. The molecular weight excluding hydrogens is 168 g/mol. The summed E-state index contributed by atoms with van der Waals surface area (Å²) in [6.07, 6.45) is 0.757. The summed E-state index contributed by atoms with van der Waals surface area (Å²) in [6.45, 7) is 3.57. The van der Waals surface area contributed by atoms with Gasteiger partial charge in [0.25, 0.3) is 10.1 Å². The van der Waals surface area contributed by atoms with E-state index in [0.717, 1.165) is 6.26 Å². The highest BCUT2D eigenvalue weighted by Crippen LogP contribution is 2.26. The number of hydrogen-bond acceptors (Lipinski definition) is 4. The third kappa shape index (κ3) is 2.76. The van der Waals surface area contributed by atoms with Crippen molar-refractivity contribution in [3.63, 3.8) is 0 Å². The van der Waals surface area contributed by atoms with Crippen LogP contribution in [0.2, 0.25) is 0 Å². The van der Waals surface area contributed by atoms with Gasteiger partial charge < -0.3 is 4.74 Å². The minimum Gasteiger partial charge on any atom is -0.367 e. The smallest absolute Gasteiger partial charge is 0.264 e. The normalized spacial score (nSPS) is 33.4. The minimum atomic E-state index is -3.33. The molecule has 1 rings (SSSR count). The second kappa shape index (κ2) is 2.73. The van der Waals surface area contributed by atoms with E-state index in [1.807, 2.05) is 6.92 Å². The predicted octanol–water partition coefficient (Wildman–Crippen LogP) is 0.138. The molecule has 66 valence electrons. The van der Waals surface area contributed by atoms with E-state index in [9.17, 15) is 8.42 Å². The Labute approximate surface area is 66.6 Å². The molecule has 0 aromatic heterocycles. The highest BCUT2D eigenvalue weighted by molar-refractivity contribution is 7.86. The minimum absolute atomic E-state index is 0.0512. The Morgan fingerprint density at radius 2 is 2.00 bits per heavy atom. The van der Waals surface area contributed by atoms with Gasteiger partial charge in [0.2, 0.25) is 0 Å². The Hall–Kier alpha value is -0.130. The third-order valence-electron chi connectivity index (χ3n) is 1.55. The molecule has 0 N–H and O–H groups in total. The van der Waals surface area contributed by atoms with E-state index in [2.05, 4.69) is 4.18 Å². The van der Waals surface area contributed by atoms with E-state index >= 15 is 0 Å². The second-order valence-electron chi connectivity index (χ2n) is 2.81. The maximum absolute atomic E-state index is 10.6. The molecule has 0 radical (unpaired) electrons. The van der Waals surface area contributed by atoms with Crippen molar-refractivity contribution >= 4 is 10.1 Å². The van der Waals surface area contributed by atoms with Crippen LogP contribution in [0.1, 0.15) is 13.8 Å². The summed E-state index contributed by atoms with van der Waals surface area (Å²) in [7, 11) is -3.33. The van der Waals surface area contributed by atoms with Crippen molar-refractivity contribution in [3.8, 4) is 0 Å². The zero-order valence-electron chi connectivity index (χ0n) is 6.77. The van der Waals surface area contributed by atoms with Gasteiger partial charge >= 0.3 is 0 Å². The van der Waals surface area contributed by atoms with Crippen molar-refractivity contribution in [2.45, 2.75) is 32.2 Å². The van der Waals surface area contributed by atoms with Gasteiger partial charge in [0.1, 0.15) is 12.2 Å². The van der Waals surface area contributed by atoms with Gasteiger partial charge in [-0.2, -0.15) is 8.42 Å². The first-order valence-electron chi connectivity index (χ1n) is 3.44. The van der Waals surface area contributed by atoms with Crippen molar-refractivity contribution in [2.24, 2.45) is 0 Å². The van der Waals surface area contributed by atoms with Crippen LogP contribution in [-0.4, -0.2) is 33.0 Å². The van der Waals surface area contributed by atoms with Crippen LogP contribution in [0.3, 0.4) is 0 Å². The zero-order valence-corrected chi connectivity index (χ0v) is 7.59. The van der Waals surface area contributed by atoms with Gasteiger partial charge in [-0.25, -0.2) is 0 Å². The molecule has 4 nitrogen and oxygen atoms in total. The van der Waals surface area contributed by atoms with Gasteiger partial charge in [0.15, 0.2) is 0 Å². The van der Waals surface area contributed by atoms with Crippen molar-refractivity contribution in [3.05, 3.63) is 0 Å². The molecule has 0 aliphatic carbocycles. The number of rotatable bonds is 3. The lowest BCUT2D eigenvalue weighted by Crippen LogP contribution is -2.20. The average Bonchev–Trinajstić information content (AvgIpc) is 2.41. The molecule has 1 aliphatic heterocycles. The quantitative estimate of drug-likeness (QED) is 0.458. The molecule has 1 saturated heterocycles. The summed E-state index contributed by atoms with van der Waals surface area (Å²) in [5.41, 5.74) is 0. The predicted molar refractivity (Wildman–Crippen MR) is 39.7 cm³/mol. The molecular formula is C6H12O4S. The fourth-order valence-electron chi connectivity index (χ4n) is 1.03. The fourth-order valence-corrected chi connectivity index (χ4v) is 1.69. The molecule has 11 heavy (non-hydrogen) atoms. The summed E-state index contributed by atoms with van der Waals surface area (Å²) in [6, 6.07) is 0. The average molecular weight is 180 g/mol. The highest BCUT2D eigenvalue weighted by atomic mass is 32.2.